The lowest BCUT2D eigenvalue weighted by Crippen LogP contribution is -2.13. The highest BCUT2D eigenvalue weighted by molar-refractivity contribution is 14.1. The predicted molar refractivity (Wildman–Crippen MR) is 145 cm³/mol. The lowest BCUT2D eigenvalue weighted by atomic mass is 9.96. The van der Waals surface area contributed by atoms with Gasteiger partial charge in [-0.1, -0.05) is 18.2 Å². The maximum Gasteiger partial charge on any atom is 0.335 e. The standard InChI is InChI=1S/C27H20IN3O4S/c28-22-12-17(7-10-23(22)35-15-16-5-8-18(9-6-16)27(33)34)11-19(13-29)25(32)31-26-21(14-30)20-3-1-2-4-24(20)36-26/h5-12H,1-4,15H2,(H,31,32)(H,33,34)/b19-11+. The molecule has 9 heteroatoms. The summed E-state index contributed by atoms with van der Waals surface area (Å²) in [5.41, 5.74) is 3.17. The summed E-state index contributed by atoms with van der Waals surface area (Å²) in [6, 6.07) is 15.9. The number of ether oxygens (including phenoxy) is 1. The van der Waals surface area contributed by atoms with Crippen molar-refractivity contribution in [3.8, 4) is 17.9 Å². The van der Waals surface area contributed by atoms with Crippen molar-refractivity contribution < 1.29 is 19.4 Å². The fourth-order valence-electron chi connectivity index (χ4n) is 3.89. The molecule has 36 heavy (non-hydrogen) atoms. The molecule has 1 aliphatic rings. The van der Waals surface area contributed by atoms with Crippen molar-refractivity contribution in [1.82, 2.24) is 0 Å². The third kappa shape index (κ3) is 5.76. The number of aryl methyl sites for hydroxylation is 1. The Kier molecular flexibility index (Phi) is 8.04. The first kappa shape index (κ1) is 25.4. The van der Waals surface area contributed by atoms with Crippen LogP contribution in [0.1, 0.15) is 50.3 Å². The minimum Gasteiger partial charge on any atom is -0.488 e. The zero-order valence-corrected chi connectivity index (χ0v) is 22.0. The molecule has 0 spiro atoms. The molecular formula is C27H20IN3O4S. The lowest BCUT2D eigenvalue weighted by Gasteiger charge is -2.10. The molecule has 0 bridgehead atoms. The van der Waals surface area contributed by atoms with Crippen LogP contribution in [0.3, 0.4) is 0 Å². The van der Waals surface area contributed by atoms with Crippen molar-refractivity contribution in [2.24, 2.45) is 0 Å². The average Bonchev–Trinajstić information content (AvgIpc) is 3.23. The van der Waals surface area contributed by atoms with Crippen LogP contribution in [0.25, 0.3) is 6.08 Å². The summed E-state index contributed by atoms with van der Waals surface area (Å²) >= 11 is 3.54. The molecular weight excluding hydrogens is 589 g/mol. The van der Waals surface area contributed by atoms with Gasteiger partial charge in [0, 0.05) is 4.88 Å². The van der Waals surface area contributed by atoms with Crippen LogP contribution in [0.2, 0.25) is 0 Å². The van der Waals surface area contributed by atoms with Gasteiger partial charge in [0.05, 0.1) is 14.7 Å². The molecule has 1 amide bonds. The summed E-state index contributed by atoms with van der Waals surface area (Å²) in [7, 11) is 0. The third-order valence-corrected chi connectivity index (χ3v) is 7.79. The molecule has 1 heterocycles. The highest BCUT2D eigenvalue weighted by Gasteiger charge is 2.22. The van der Waals surface area contributed by atoms with Crippen molar-refractivity contribution in [2.45, 2.75) is 32.3 Å². The Morgan fingerprint density at radius 2 is 1.89 bits per heavy atom. The number of carbonyl (C=O) groups is 2. The lowest BCUT2D eigenvalue weighted by molar-refractivity contribution is -0.112. The quantitative estimate of drug-likeness (QED) is 0.195. The number of hydrogen-bond donors (Lipinski definition) is 2. The van der Waals surface area contributed by atoms with E-state index < -0.39 is 11.9 Å². The average molecular weight is 609 g/mol. The van der Waals surface area contributed by atoms with Gasteiger partial charge in [-0.25, -0.2) is 4.79 Å². The van der Waals surface area contributed by atoms with E-state index in [1.807, 2.05) is 6.07 Å². The van der Waals surface area contributed by atoms with Gasteiger partial charge < -0.3 is 15.2 Å². The highest BCUT2D eigenvalue weighted by atomic mass is 127. The second-order valence-electron chi connectivity index (χ2n) is 8.13. The maximum absolute atomic E-state index is 12.8. The summed E-state index contributed by atoms with van der Waals surface area (Å²) in [5.74, 6) is -0.903. The number of nitriles is 2. The topological polar surface area (TPSA) is 123 Å². The van der Waals surface area contributed by atoms with E-state index in [2.05, 4.69) is 34.0 Å². The van der Waals surface area contributed by atoms with Crippen LogP contribution in [-0.2, 0) is 24.2 Å². The van der Waals surface area contributed by atoms with Crippen LogP contribution in [-0.4, -0.2) is 17.0 Å². The monoisotopic (exact) mass is 609 g/mol. The molecule has 4 rings (SSSR count). The summed E-state index contributed by atoms with van der Waals surface area (Å²) < 4.78 is 6.64. The van der Waals surface area contributed by atoms with Crippen LogP contribution in [0.4, 0.5) is 5.00 Å². The first-order chi connectivity index (χ1) is 17.4. The number of nitrogens with zero attached hydrogens (tertiary/aromatic N) is 2. The molecule has 180 valence electrons. The Hall–Kier alpha value is -3.67. The number of rotatable bonds is 7. The third-order valence-electron chi connectivity index (χ3n) is 5.74. The Morgan fingerprint density at radius 1 is 1.14 bits per heavy atom. The number of anilines is 1. The van der Waals surface area contributed by atoms with E-state index in [1.54, 1.807) is 30.3 Å². The fourth-order valence-corrected chi connectivity index (χ4v) is 5.82. The van der Waals surface area contributed by atoms with Crippen molar-refractivity contribution >= 4 is 56.9 Å². The zero-order valence-electron chi connectivity index (χ0n) is 19.0. The Balaban J connectivity index is 1.45. The largest absolute Gasteiger partial charge is 0.488 e. The number of thiophene rings is 1. The van der Waals surface area contributed by atoms with Gasteiger partial charge >= 0.3 is 5.97 Å². The van der Waals surface area contributed by atoms with Gasteiger partial charge in [0.2, 0.25) is 0 Å². The van der Waals surface area contributed by atoms with Gasteiger partial charge in [-0.15, -0.1) is 11.3 Å². The summed E-state index contributed by atoms with van der Waals surface area (Å²) in [4.78, 5) is 25.0. The molecule has 0 saturated carbocycles. The van der Waals surface area contributed by atoms with Crippen LogP contribution in [0.5, 0.6) is 5.75 Å². The molecule has 0 fully saturated rings. The van der Waals surface area contributed by atoms with Gasteiger partial charge in [-0.3, -0.25) is 4.79 Å². The van der Waals surface area contributed by atoms with E-state index in [4.69, 9.17) is 9.84 Å². The van der Waals surface area contributed by atoms with Gasteiger partial charge in [0.25, 0.3) is 5.91 Å². The van der Waals surface area contributed by atoms with E-state index in [-0.39, 0.29) is 17.7 Å². The number of halogens is 1. The number of aromatic carboxylic acids is 1. The molecule has 1 aromatic heterocycles. The molecule has 0 aliphatic heterocycles. The number of carboxylic acid groups (broad SMARTS) is 1. The summed E-state index contributed by atoms with van der Waals surface area (Å²) in [6.45, 7) is 0.267. The van der Waals surface area contributed by atoms with Gasteiger partial charge in [-0.2, -0.15) is 10.5 Å². The molecule has 3 aromatic rings. The summed E-state index contributed by atoms with van der Waals surface area (Å²) in [6.07, 6.45) is 5.36. The normalized spacial score (nSPS) is 12.7. The number of carboxylic acids is 1. The van der Waals surface area contributed by atoms with E-state index in [0.717, 1.165) is 45.3 Å². The molecule has 1 aliphatic carbocycles. The number of amides is 1. The van der Waals surface area contributed by atoms with Crippen molar-refractivity contribution in [3.05, 3.63) is 84.3 Å². The van der Waals surface area contributed by atoms with Crippen LogP contribution < -0.4 is 10.1 Å². The molecule has 2 aromatic carbocycles. The smallest absolute Gasteiger partial charge is 0.335 e. The molecule has 0 atom stereocenters. The highest BCUT2D eigenvalue weighted by Crippen LogP contribution is 2.37. The van der Waals surface area contributed by atoms with Crippen molar-refractivity contribution in [1.29, 1.82) is 10.5 Å². The van der Waals surface area contributed by atoms with E-state index in [9.17, 15) is 20.1 Å². The molecule has 7 nitrogen and oxygen atoms in total. The second-order valence-corrected chi connectivity index (χ2v) is 10.4. The van der Waals surface area contributed by atoms with Crippen molar-refractivity contribution in [3.63, 3.8) is 0 Å². The zero-order chi connectivity index (χ0) is 25.7. The number of fused-ring (bicyclic) bond motifs is 1. The minimum atomic E-state index is -0.980. The van der Waals surface area contributed by atoms with Crippen LogP contribution in [0.15, 0.2) is 48.0 Å². The van der Waals surface area contributed by atoms with Gasteiger partial charge in [0.1, 0.15) is 35.1 Å². The number of nitrogens with one attached hydrogen (secondary N) is 1. The summed E-state index contributed by atoms with van der Waals surface area (Å²) in [5, 5.41) is 31.5. The predicted octanol–water partition coefficient (Wildman–Crippen LogP) is 5.93. The first-order valence-electron chi connectivity index (χ1n) is 11.1. The minimum absolute atomic E-state index is 0.0618. The van der Waals surface area contributed by atoms with Gasteiger partial charge in [-0.05, 0) is 95.3 Å². The first-order valence-corrected chi connectivity index (χ1v) is 13.0. The molecule has 0 unspecified atom stereocenters. The molecule has 0 radical (unpaired) electrons. The van der Waals surface area contributed by atoms with E-state index in [1.165, 1.54) is 29.5 Å². The van der Waals surface area contributed by atoms with E-state index in [0.29, 0.717) is 21.9 Å². The SMILES string of the molecule is N#C/C(=C\c1ccc(OCc2ccc(C(=O)O)cc2)c(I)c1)C(=O)Nc1sc2c(c1C#N)CCCC2. The number of carbonyl (C=O) groups excluding carboxylic acids is 1. The van der Waals surface area contributed by atoms with Crippen molar-refractivity contribution in [2.75, 3.05) is 5.32 Å². The number of benzene rings is 2. The second kappa shape index (κ2) is 11.4. The van der Waals surface area contributed by atoms with E-state index >= 15 is 0 Å². The van der Waals surface area contributed by atoms with Crippen LogP contribution >= 0.6 is 33.9 Å². The maximum atomic E-state index is 12.8. The molecule has 2 N–H and O–H groups in total. The fraction of sp³-hybridized carbons (Fsp3) is 0.185. The number of hydrogen-bond acceptors (Lipinski definition) is 6. The Morgan fingerprint density at radius 3 is 2.56 bits per heavy atom. The van der Waals surface area contributed by atoms with Crippen LogP contribution in [0, 0.1) is 26.2 Å². The van der Waals surface area contributed by atoms with Gasteiger partial charge in [0.15, 0.2) is 0 Å². The molecule has 0 saturated heterocycles. The Labute approximate surface area is 225 Å². The Bertz CT molecular complexity index is 1450.